The fourth-order valence-corrected chi connectivity index (χ4v) is 8.75. The van der Waals surface area contributed by atoms with E-state index < -0.39 is 5.60 Å². The van der Waals surface area contributed by atoms with Crippen molar-refractivity contribution >= 4 is 11.8 Å². The molecule has 4 saturated carbocycles. The maximum absolute atomic E-state index is 12.2. The third-order valence-electron chi connectivity index (χ3n) is 10.4. The molecule has 1 spiro atoms. The lowest BCUT2D eigenvalue weighted by Gasteiger charge is -2.56. The lowest BCUT2D eigenvalue weighted by molar-refractivity contribution is -0.147. The molecule has 158 valence electrons. The number of esters is 1. The summed E-state index contributed by atoms with van der Waals surface area (Å²) in [7, 11) is 1.41. The van der Waals surface area contributed by atoms with Crippen molar-refractivity contribution in [1.82, 2.24) is 0 Å². The van der Waals surface area contributed by atoms with Crippen molar-refractivity contribution in [2.45, 2.75) is 82.5 Å². The average Bonchev–Trinajstić information content (AvgIpc) is 3.58. The molecule has 1 N–H and O–H groups in total. The molecule has 6 rings (SSSR count). The summed E-state index contributed by atoms with van der Waals surface area (Å²) in [5.41, 5.74) is 0.177. The van der Waals surface area contributed by atoms with Gasteiger partial charge in [-0.1, -0.05) is 19.4 Å². The Kier molecular flexibility index (Phi) is 3.42. The number of methoxy groups -OCH3 is 1. The van der Waals surface area contributed by atoms with Gasteiger partial charge in [0.1, 0.15) is 5.60 Å². The predicted molar refractivity (Wildman–Crippen MR) is 105 cm³/mol. The molecular formula is C24H32O5. The van der Waals surface area contributed by atoms with Crippen LogP contribution in [0.25, 0.3) is 0 Å². The minimum absolute atomic E-state index is 0.0258. The topological polar surface area (TPSA) is 76.1 Å². The highest BCUT2D eigenvalue weighted by atomic mass is 16.6. The van der Waals surface area contributed by atoms with E-state index in [1.165, 1.54) is 19.1 Å². The predicted octanol–water partition coefficient (Wildman–Crippen LogP) is 3.19. The van der Waals surface area contributed by atoms with E-state index in [1.54, 1.807) is 0 Å². The summed E-state index contributed by atoms with van der Waals surface area (Å²) in [6.45, 7) is 4.61. The molecule has 0 radical (unpaired) electrons. The number of fused-ring (bicyclic) bond motifs is 6. The lowest BCUT2D eigenvalue weighted by atomic mass is 9.46. The number of aliphatic hydroxyl groups is 1. The summed E-state index contributed by atoms with van der Waals surface area (Å²) >= 11 is 0. The van der Waals surface area contributed by atoms with Gasteiger partial charge in [-0.3, -0.25) is 9.59 Å². The van der Waals surface area contributed by atoms with Crippen LogP contribution < -0.4 is 0 Å². The fourth-order valence-electron chi connectivity index (χ4n) is 8.75. The molecule has 0 aromatic heterocycles. The molecule has 5 nitrogen and oxygen atoms in total. The van der Waals surface area contributed by atoms with Gasteiger partial charge in [0.05, 0.1) is 18.8 Å². The van der Waals surface area contributed by atoms with Gasteiger partial charge in [0.25, 0.3) is 0 Å². The Bertz CT molecular complexity index is 848. The van der Waals surface area contributed by atoms with Crippen LogP contribution in [0.3, 0.4) is 0 Å². The third kappa shape index (κ3) is 2.00. The number of carbonyl (C=O) groups is 2. The average molecular weight is 401 g/mol. The van der Waals surface area contributed by atoms with Crippen molar-refractivity contribution in [3.63, 3.8) is 0 Å². The first-order valence-corrected chi connectivity index (χ1v) is 11.4. The van der Waals surface area contributed by atoms with Crippen LogP contribution in [-0.2, 0) is 19.1 Å². The summed E-state index contributed by atoms with van der Waals surface area (Å²) in [6.07, 6.45) is 8.22. The number of carbonyl (C=O) groups excluding carboxylic acids is 2. The first-order valence-electron chi connectivity index (χ1n) is 11.4. The van der Waals surface area contributed by atoms with E-state index in [4.69, 9.17) is 9.47 Å². The van der Waals surface area contributed by atoms with Crippen LogP contribution in [0.1, 0.15) is 65.2 Å². The van der Waals surface area contributed by atoms with Crippen molar-refractivity contribution in [1.29, 1.82) is 0 Å². The zero-order chi connectivity index (χ0) is 20.4. The van der Waals surface area contributed by atoms with Crippen LogP contribution in [0.5, 0.6) is 0 Å². The number of rotatable bonds is 3. The Labute approximate surface area is 172 Å². The molecule has 6 aliphatic rings. The largest absolute Gasteiger partial charge is 0.469 e. The van der Waals surface area contributed by atoms with E-state index >= 15 is 0 Å². The molecule has 0 aromatic rings. The van der Waals surface area contributed by atoms with Crippen LogP contribution in [0, 0.1) is 34.5 Å². The van der Waals surface area contributed by atoms with E-state index in [2.05, 4.69) is 13.8 Å². The zero-order valence-electron chi connectivity index (χ0n) is 17.7. The fraction of sp³-hybridized carbons (Fsp3) is 0.833. The lowest BCUT2D eigenvalue weighted by Crippen LogP contribution is -2.60. The quantitative estimate of drug-likeness (QED) is 0.582. The van der Waals surface area contributed by atoms with Crippen molar-refractivity contribution in [3.05, 3.63) is 11.6 Å². The maximum Gasteiger partial charge on any atom is 0.305 e. The number of hydrogen-bond acceptors (Lipinski definition) is 5. The minimum Gasteiger partial charge on any atom is -0.469 e. The summed E-state index contributed by atoms with van der Waals surface area (Å²) in [6, 6.07) is 0. The second kappa shape index (κ2) is 5.34. The highest BCUT2D eigenvalue weighted by molar-refractivity contribution is 5.92. The summed E-state index contributed by atoms with van der Waals surface area (Å²) < 4.78 is 11.5. The molecular weight excluding hydrogens is 368 g/mol. The van der Waals surface area contributed by atoms with Gasteiger partial charge in [-0.15, -0.1) is 0 Å². The van der Waals surface area contributed by atoms with Gasteiger partial charge in [0, 0.05) is 23.7 Å². The Hall–Kier alpha value is -1.20. The Morgan fingerprint density at radius 2 is 2.14 bits per heavy atom. The summed E-state index contributed by atoms with van der Waals surface area (Å²) in [5, 5.41) is 11.7. The molecule has 1 aliphatic heterocycles. The summed E-state index contributed by atoms with van der Waals surface area (Å²) in [5.74, 6) is 2.07. The molecule has 5 fully saturated rings. The smallest absolute Gasteiger partial charge is 0.305 e. The van der Waals surface area contributed by atoms with Crippen molar-refractivity contribution < 1.29 is 24.2 Å². The highest BCUT2D eigenvalue weighted by Gasteiger charge is 2.84. The first kappa shape index (κ1) is 18.6. The Morgan fingerprint density at radius 3 is 2.90 bits per heavy atom. The van der Waals surface area contributed by atoms with E-state index in [1.807, 2.05) is 6.08 Å². The molecule has 1 heterocycles. The molecule has 1 saturated heterocycles. The molecule has 0 amide bonds. The van der Waals surface area contributed by atoms with E-state index in [-0.39, 0.29) is 40.7 Å². The number of hydrogen-bond donors (Lipinski definition) is 1. The maximum atomic E-state index is 12.2. The van der Waals surface area contributed by atoms with E-state index in [0.29, 0.717) is 36.5 Å². The molecule has 0 aromatic carbocycles. The van der Waals surface area contributed by atoms with Crippen molar-refractivity contribution in [2.75, 3.05) is 7.11 Å². The van der Waals surface area contributed by atoms with Gasteiger partial charge >= 0.3 is 5.97 Å². The number of epoxide rings is 1. The standard InChI is InChI=1S/C24H32O5/c1-21-7-4-13(25)10-17(21)14-11-15(14)20-16-5-8-23(27,9-6-19(26)28-3)22(16,2)12-18-24(20,21)29-18/h10,14-16,18,20,27H,4-9,11-12H2,1-3H3/t14-,15+,16+,18?,20+,21+,22?,23-,24-/m1/s1. The van der Waals surface area contributed by atoms with E-state index in [0.717, 1.165) is 25.7 Å². The molecule has 5 heteroatoms. The molecule has 2 unspecified atom stereocenters. The second-order valence-corrected chi connectivity index (χ2v) is 11.2. The SMILES string of the molecule is COC(=O)CC[C@]1(O)CC[C@H]2[C@@H]3[C@H]4C[C@H]4C4=CC(=O)CC[C@]4(C)[C@]34OC4CC21C. The van der Waals surface area contributed by atoms with Crippen molar-refractivity contribution in [3.8, 4) is 0 Å². The van der Waals surface area contributed by atoms with E-state index in [9.17, 15) is 14.7 Å². The van der Waals surface area contributed by atoms with Crippen LogP contribution in [0.4, 0.5) is 0 Å². The monoisotopic (exact) mass is 400 g/mol. The van der Waals surface area contributed by atoms with Crippen LogP contribution >= 0.6 is 0 Å². The zero-order valence-corrected chi connectivity index (χ0v) is 17.7. The van der Waals surface area contributed by atoms with Gasteiger partial charge in [-0.2, -0.15) is 0 Å². The Balaban J connectivity index is 1.37. The van der Waals surface area contributed by atoms with Crippen LogP contribution in [-0.4, -0.2) is 41.3 Å². The van der Waals surface area contributed by atoms with Gasteiger partial charge in [-0.25, -0.2) is 0 Å². The highest BCUT2D eigenvalue weighted by Crippen LogP contribution is 2.82. The molecule has 5 aliphatic carbocycles. The van der Waals surface area contributed by atoms with Gasteiger partial charge in [0.2, 0.25) is 0 Å². The molecule has 29 heavy (non-hydrogen) atoms. The minimum atomic E-state index is -0.825. The molecule has 9 atom stereocenters. The second-order valence-electron chi connectivity index (χ2n) is 11.2. The third-order valence-corrected chi connectivity index (χ3v) is 10.4. The van der Waals surface area contributed by atoms with Crippen molar-refractivity contribution in [2.24, 2.45) is 34.5 Å². The van der Waals surface area contributed by atoms with Gasteiger partial charge in [0.15, 0.2) is 5.78 Å². The number of ketones is 1. The summed E-state index contributed by atoms with van der Waals surface area (Å²) in [4.78, 5) is 24.0. The van der Waals surface area contributed by atoms with Crippen LogP contribution in [0.15, 0.2) is 11.6 Å². The number of ether oxygens (including phenoxy) is 2. The van der Waals surface area contributed by atoms with Gasteiger partial charge in [-0.05, 0) is 68.3 Å². The van der Waals surface area contributed by atoms with Gasteiger partial charge < -0.3 is 14.6 Å². The molecule has 0 bridgehead atoms. The van der Waals surface area contributed by atoms with Crippen LogP contribution in [0.2, 0.25) is 0 Å². The Morgan fingerprint density at radius 1 is 1.34 bits per heavy atom. The first-order chi connectivity index (χ1) is 13.7. The normalized spacial score (nSPS) is 56.2.